The maximum absolute atomic E-state index is 6.09. The van der Waals surface area contributed by atoms with Crippen molar-refractivity contribution in [2.24, 2.45) is 10.7 Å². The fourth-order valence-electron chi connectivity index (χ4n) is 3.33. The molecule has 1 saturated heterocycles. The lowest BCUT2D eigenvalue weighted by Crippen LogP contribution is -2.49. The quantitative estimate of drug-likeness (QED) is 0.410. The third-order valence-electron chi connectivity index (χ3n) is 4.48. The van der Waals surface area contributed by atoms with E-state index in [4.69, 9.17) is 15.2 Å². The highest BCUT2D eigenvalue weighted by Gasteiger charge is 2.26. The van der Waals surface area contributed by atoms with E-state index in [0.717, 1.165) is 44.0 Å². The fourth-order valence-corrected chi connectivity index (χ4v) is 3.33. The number of hydrogen-bond acceptors (Lipinski definition) is 4. The first-order chi connectivity index (χ1) is 11.5. The van der Waals surface area contributed by atoms with Gasteiger partial charge in [0.25, 0.3) is 0 Å². The number of para-hydroxylation sites is 1. The van der Waals surface area contributed by atoms with Crippen molar-refractivity contribution in [3.8, 4) is 5.75 Å². The predicted octanol–water partition coefficient (Wildman–Crippen LogP) is 2.14. The number of rotatable bonds is 4. The Kier molecular flexibility index (Phi) is 7.33. The maximum Gasteiger partial charge on any atom is 0.189 e. The highest BCUT2D eigenvalue weighted by molar-refractivity contribution is 14.0. The Hall–Kier alpha value is -1.06. The molecule has 0 aromatic heterocycles. The van der Waals surface area contributed by atoms with Crippen LogP contribution in [0, 0.1) is 0 Å². The number of nitrogens with zero attached hydrogens (tertiary/aromatic N) is 2. The number of ether oxygens (including phenoxy) is 2. The first kappa shape index (κ1) is 20.3. The van der Waals surface area contributed by atoms with E-state index in [-0.39, 0.29) is 35.6 Å². The molecule has 0 bridgehead atoms. The molecule has 2 aliphatic rings. The molecule has 1 aromatic carbocycles. The molecule has 1 aromatic rings. The summed E-state index contributed by atoms with van der Waals surface area (Å²) in [6, 6.07) is 8.26. The van der Waals surface area contributed by atoms with Gasteiger partial charge in [0.2, 0.25) is 0 Å². The zero-order valence-corrected chi connectivity index (χ0v) is 17.4. The van der Waals surface area contributed by atoms with Gasteiger partial charge in [0.05, 0.1) is 31.4 Å². The minimum atomic E-state index is -0.0719. The number of guanidine groups is 1. The van der Waals surface area contributed by atoms with Gasteiger partial charge >= 0.3 is 0 Å². The number of morpholine rings is 1. The molecular formula is C18H29IN4O2. The van der Waals surface area contributed by atoms with Gasteiger partial charge in [-0.2, -0.15) is 0 Å². The average Bonchev–Trinajstić information content (AvgIpc) is 2.54. The Morgan fingerprint density at radius 1 is 1.36 bits per heavy atom. The minimum absolute atomic E-state index is 0. The standard InChI is InChI=1S/C18H28N4O2.HI/c1-18(2)13-22(10-12-24-18)9-8-20-17(19)21-15-7-11-23-16-6-4-3-5-14(15)16;/h3-6,15H,7-13H2,1-2H3,(H3,19,20,21);1H. The summed E-state index contributed by atoms with van der Waals surface area (Å²) in [5.74, 6) is 1.44. The predicted molar refractivity (Wildman–Crippen MR) is 111 cm³/mol. The van der Waals surface area contributed by atoms with Gasteiger partial charge in [-0.25, -0.2) is 0 Å². The third-order valence-corrected chi connectivity index (χ3v) is 4.48. The SMILES string of the molecule is CC1(C)CN(CCN=C(N)NC2CCOc3ccccc32)CCO1.I. The lowest BCUT2D eigenvalue weighted by Gasteiger charge is -2.37. The van der Waals surface area contributed by atoms with Crippen LogP contribution in [0.2, 0.25) is 0 Å². The molecule has 0 aliphatic carbocycles. The molecule has 2 aliphatic heterocycles. The Bertz CT molecular complexity index is 594. The molecule has 0 radical (unpaired) electrons. The molecule has 3 rings (SSSR count). The number of hydrogen-bond donors (Lipinski definition) is 2. The van der Waals surface area contributed by atoms with Crippen molar-refractivity contribution in [2.45, 2.75) is 31.9 Å². The summed E-state index contributed by atoms with van der Waals surface area (Å²) in [4.78, 5) is 6.87. The summed E-state index contributed by atoms with van der Waals surface area (Å²) in [6.07, 6.45) is 0.894. The van der Waals surface area contributed by atoms with Crippen LogP contribution in [0.3, 0.4) is 0 Å². The Morgan fingerprint density at radius 3 is 2.96 bits per heavy atom. The van der Waals surface area contributed by atoms with Crippen LogP contribution in [-0.4, -0.2) is 55.9 Å². The van der Waals surface area contributed by atoms with E-state index < -0.39 is 0 Å². The van der Waals surface area contributed by atoms with Gasteiger partial charge in [-0.1, -0.05) is 18.2 Å². The second-order valence-corrected chi connectivity index (χ2v) is 7.02. The van der Waals surface area contributed by atoms with Crippen LogP contribution in [-0.2, 0) is 4.74 Å². The molecule has 0 spiro atoms. The second-order valence-electron chi connectivity index (χ2n) is 7.02. The van der Waals surface area contributed by atoms with Gasteiger partial charge in [-0.3, -0.25) is 9.89 Å². The zero-order chi connectivity index (χ0) is 17.0. The summed E-state index contributed by atoms with van der Waals surface area (Å²) in [5.41, 5.74) is 7.16. The largest absolute Gasteiger partial charge is 0.493 e. The van der Waals surface area contributed by atoms with Crippen molar-refractivity contribution in [1.29, 1.82) is 0 Å². The van der Waals surface area contributed by atoms with E-state index in [9.17, 15) is 0 Å². The normalized spacial score (nSPS) is 23.1. The molecule has 3 N–H and O–H groups in total. The van der Waals surface area contributed by atoms with Crippen molar-refractivity contribution in [3.63, 3.8) is 0 Å². The first-order valence-corrected chi connectivity index (χ1v) is 8.68. The molecule has 0 amide bonds. The molecular weight excluding hydrogens is 431 g/mol. The number of fused-ring (bicyclic) bond motifs is 1. The lowest BCUT2D eigenvalue weighted by molar-refractivity contribution is -0.0850. The van der Waals surface area contributed by atoms with E-state index in [0.29, 0.717) is 19.1 Å². The molecule has 0 saturated carbocycles. The molecule has 1 fully saturated rings. The molecule has 1 unspecified atom stereocenters. The minimum Gasteiger partial charge on any atom is -0.493 e. The highest BCUT2D eigenvalue weighted by Crippen LogP contribution is 2.31. The summed E-state index contributed by atoms with van der Waals surface area (Å²) in [5, 5.41) is 3.33. The third kappa shape index (κ3) is 5.72. The second kappa shape index (κ2) is 9.05. The van der Waals surface area contributed by atoms with Crippen molar-refractivity contribution < 1.29 is 9.47 Å². The van der Waals surface area contributed by atoms with Crippen LogP contribution in [0.4, 0.5) is 0 Å². The lowest BCUT2D eigenvalue weighted by atomic mass is 10.0. The molecule has 2 heterocycles. The Balaban J connectivity index is 0.00000225. The molecule has 7 heteroatoms. The summed E-state index contributed by atoms with van der Waals surface area (Å²) in [6.45, 7) is 9.22. The number of nitrogens with one attached hydrogen (secondary N) is 1. The van der Waals surface area contributed by atoms with Gasteiger partial charge in [0.1, 0.15) is 5.75 Å². The van der Waals surface area contributed by atoms with Crippen LogP contribution in [0.25, 0.3) is 0 Å². The number of benzene rings is 1. The van der Waals surface area contributed by atoms with Crippen LogP contribution in [0.1, 0.15) is 31.9 Å². The number of nitrogens with two attached hydrogens (primary N) is 1. The van der Waals surface area contributed by atoms with E-state index in [1.807, 2.05) is 18.2 Å². The monoisotopic (exact) mass is 460 g/mol. The van der Waals surface area contributed by atoms with E-state index in [1.54, 1.807) is 0 Å². The summed E-state index contributed by atoms with van der Waals surface area (Å²) >= 11 is 0. The molecule has 25 heavy (non-hydrogen) atoms. The van der Waals surface area contributed by atoms with E-state index in [2.05, 4.69) is 35.1 Å². The van der Waals surface area contributed by atoms with Crippen LogP contribution < -0.4 is 15.8 Å². The van der Waals surface area contributed by atoms with Gasteiger partial charge in [0, 0.05) is 31.6 Å². The van der Waals surface area contributed by atoms with Crippen molar-refractivity contribution in [2.75, 3.05) is 39.4 Å². The topological polar surface area (TPSA) is 72.1 Å². The summed E-state index contributed by atoms with van der Waals surface area (Å²) < 4.78 is 11.4. The van der Waals surface area contributed by atoms with Crippen LogP contribution in [0.5, 0.6) is 5.75 Å². The summed E-state index contributed by atoms with van der Waals surface area (Å²) in [7, 11) is 0. The first-order valence-electron chi connectivity index (χ1n) is 8.68. The molecule has 140 valence electrons. The average molecular weight is 460 g/mol. The highest BCUT2D eigenvalue weighted by atomic mass is 127. The smallest absolute Gasteiger partial charge is 0.189 e. The fraction of sp³-hybridized carbons (Fsp3) is 0.611. The van der Waals surface area contributed by atoms with Gasteiger partial charge in [-0.05, 0) is 19.9 Å². The Labute approximate surface area is 167 Å². The van der Waals surface area contributed by atoms with E-state index >= 15 is 0 Å². The van der Waals surface area contributed by atoms with Gasteiger partial charge in [0.15, 0.2) is 5.96 Å². The van der Waals surface area contributed by atoms with Crippen LogP contribution in [0.15, 0.2) is 29.3 Å². The van der Waals surface area contributed by atoms with Crippen molar-refractivity contribution >= 4 is 29.9 Å². The molecule has 6 nitrogen and oxygen atoms in total. The van der Waals surface area contributed by atoms with Crippen LogP contribution >= 0.6 is 24.0 Å². The Morgan fingerprint density at radius 2 is 2.16 bits per heavy atom. The van der Waals surface area contributed by atoms with Gasteiger partial charge < -0.3 is 20.5 Å². The van der Waals surface area contributed by atoms with Gasteiger partial charge in [-0.15, -0.1) is 24.0 Å². The van der Waals surface area contributed by atoms with E-state index in [1.165, 1.54) is 0 Å². The van der Waals surface area contributed by atoms with Crippen molar-refractivity contribution in [3.05, 3.63) is 29.8 Å². The number of halogens is 1. The number of aliphatic imine (C=N–C) groups is 1. The zero-order valence-electron chi connectivity index (χ0n) is 15.0. The maximum atomic E-state index is 6.09. The molecule has 1 atom stereocenters. The van der Waals surface area contributed by atoms with Crippen molar-refractivity contribution in [1.82, 2.24) is 10.2 Å².